The van der Waals surface area contributed by atoms with Gasteiger partial charge in [0.15, 0.2) is 0 Å². The van der Waals surface area contributed by atoms with E-state index in [1.165, 1.54) is 0 Å². The molecule has 0 heterocycles. The maximum atomic E-state index is 11.1. The van der Waals surface area contributed by atoms with Crippen LogP contribution < -0.4 is 15.8 Å². The van der Waals surface area contributed by atoms with Gasteiger partial charge in [0, 0.05) is 6.54 Å². The van der Waals surface area contributed by atoms with Crippen molar-refractivity contribution in [1.82, 2.24) is 5.32 Å². The fraction of sp³-hybridized carbons (Fsp3) is 0.462. The van der Waals surface area contributed by atoms with Gasteiger partial charge in [-0.15, -0.1) is 0 Å². The van der Waals surface area contributed by atoms with Crippen LogP contribution >= 0.6 is 0 Å². The number of nitrogens with two attached hydrogens (primary N) is 1. The van der Waals surface area contributed by atoms with Crippen molar-refractivity contribution in [3.05, 3.63) is 29.8 Å². The van der Waals surface area contributed by atoms with E-state index in [-0.39, 0.29) is 5.91 Å². The highest BCUT2D eigenvalue weighted by Gasteiger charge is 2.23. The average molecular weight is 236 g/mol. The SMILES string of the molecule is CCOc1cccc(CNC(C)(C)C(N)=O)c1. The smallest absolute Gasteiger partial charge is 0.237 e. The highest BCUT2D eigenvalue weighted by molar-refractivity contribution is 5.83. The molecule has 0 aromatic heterocycles. The first-order valence-corrected chi connectivity index (χ1v) is 5.72. The number of rotatable bonds is 6. The van der Waals surface area contributed by atoms with Crippen LogP contribution in [0.4, 0.5) is 0 Å². The Labute approximate surface area is 102 Å². The molecule has 1 aromatic carbocycles. The number of primary amides is 1. The minimum atomic E-state index is -0.707. The molecular formula is C13H20N2O2. The second kappa shape index (κ2) is 5.68. The summed E-state index contributed by atoms with van der Waals surface area (Å²) in [7, 11) is 0. The van der Waals surface area contributed by atoms with Crippen molar-refractivity contribution < 1.29 is 9.53 Å². The summed E-state index contributed by atoms with van der Waals surface area (Å²) in [6.45, 7) is 6.70. The Morgan fingerprint density at radius 3 is 2.76 bits per heavy atom. The number of benzene rings is 1. The first-order chi connectivity index (χ1) is 7.95. The Hall–Kier alpha value is -1.55. The largest absolute Gasteiger partial charge is 0.494 e. The molecule has 0 fully saturated rings. The van der Waals surface area contributed by atoms with Crippen molar-refractivity contribution in [2.24, 2.45) is 5.73 Å². The van der Waals surface area contributed by atoms with Crippen LogP contribution in [-0.2, 0) is 11.3 Å². The van der Waals surface area contributed by atoms with Crippen LogP contribution in [0.25, 0.3) is 0 Å². The first kappa shape index (κ1) is 13.5. The van der Waals surface area contributed by atoms with Crippen LogP contribution in [0.15, 0.2) is 24.3 Å². The molecule has 1 aromatic rings. The van der Waals surface area contributed by atoms with Crippen LogP contribution in [0, 0.1) is 0 Å². The Balaban J connectivity index is 2.63. The van der Waals surface area contributed by atoms with Crippen molar-refractivity contribution in [2.45, 2.75) is 32.9 Å². The van der Waals surface area contributed by atoms with Crippen molar-refractivity contribution in [3.8, 4) is 5.75 Å². The Kier molecular flexibility index (Phi) is 4.52. The molecule has 0 saturated carbocycles. The van der Waals surface area contributed by atoms with Gasteiger partial charge in [-0.3, -0.25) is 10.1 Å². The molecule has 0 aliphatic rings. The molecule has 0 saturated heterocycles. The van der Waals surface area contributed by atoms with Gasteiger partial charge in [-0.25, -0.2) is 0 Å². The molecule has 4 nitrogen and oxygen atoms in total. The minimum absolute atomic E-state index is 0.363. The van der Waals surface area contributed by atoms with E-state index in [0.29, 0.717) is 13.2 Å². The van der Waals surface area contributed by atoms with Gasteiger partial charge < -0.3 is 10.5 Å². The zero-order valence-electron chi connectivity index (χ0n) is 10.6. The number of ether oxygens (including phenoxy) is 1. The molecule has 0 radical (unpaired) electrons. The predicted octanol–water partition coefficient (Wildman–Crippen LogP) is 1.44. The molecule has 0 bridgehead atoms. The lowest BCUT2D eigenvalue weighted by Gasteiger charge is -2.22. The van der Waals surface area contributed by atoms with E-state index >= 15 is 0 Å². The van der Waals surface area contributed by atoms with Crippen molar-refractivity contribution >= 4 is 5.91 Å². The first-order valence-electron chi connectivity index (χ1n) is 5.72. The summed E-state index contributed by atoms with van der Waals surface area (Å²) in [5.41, 5.74) is 5.64. The summed E-state index contributed by atoms with van der Waals surface area (Å²) in [5, 5.41) is 3.11. The lowest BCUT2D eigenvalue weighted by molar-refractivity contribution is -0.123. The van der Waals surface area contributed by atoms with Gasteiger partial charge >= 0.3 is 0 Å². The van der Waals surface area contributed by atoms with Gasteiger partial charge in [0.05, 0.1) is 12.1 Å². The molecule has 1 rings (SSSR count). The molecule has 0 aliphatic carbocycles. The van der Waals surface area contributed by atoms with Crippen molar-refractivity contribution in [1.29, 1.82) is 0 Å². The summed E-state index contributed by atoms with van der Waals surface area (Å²) in [5.74, 6) is 0.474. The van der Waals surface area contributed by atoms with Crippen molar-refractivity contribution in [3.63, 3.8) is 0 Å². The lowest BCUT2D eigenvalue weighted by atomic mass is 10.0. The van der Waals surface area contributed by atoms with Gasteiger partial charge in [0.25, 0.3) is 0 Å². The van der Waals surface area contributed by atoms with E-state index < -0.39 is 5.54 Å². The number of hydrogen-bond acceptors (Lipinski definition) is 3. The molecular weight excluding hydrogens is 216 g/mol. The van der Waals surface area contributed by atoms with Crippen LogP contribution in [0.2, 0.25) is 0 Å². The summed E-state index contributed by atoms with van der Waals surface area (Å²) in [4.78, 5) is 11.1. The molecule has 0 unspecified atom stereocenters. The van der Waals surface area contributed by atoms with E-state index in [9.17, 15) is 4.79 Å². The zero-order valence-corrected chi connectivity index (χ0v) is 10.6. The molecule has 1 amide bonds. The van der Waals surface area contributed by atoms with Gasteiger partial charge in [-0.05, 0) is 38.5 Å². The number of carbonyl (C=O) groups is 1. The number of carbonyl (C=O) groups excluding carboxylic acids is 1. The molecule has 3 N–H and O–H groups in total. The lowest BCUT2D eigenvalue weighted by Crippen LogP contribution is -2.50. The van der Waals surface area contributed by atoms with Crippen LogP contribution in [0.5, 0.6) is 5.75 Å². The summed E-state index contributed by atoms with van der Waals surface area (Å²) < 4.78 is 5.41. The summed E-state index contributed by atoms with van der Waals surface area (Å²) in [6.07, 6.45) is 0. The standard InChI is InChI=1S/C13H20N2O2/c1-4-17-11-7-5-6-10(8-11)9-15-13(2,3)12(14)16/h5-8,15H,4,9H2,1-3H3,(H2,14,16). The van der Waals surface area contributed by atoms with E-state index in [1.807, 2.05) is 31.2 Å². The van der Waals surface area contributed by atoms with Crippen LogP contribution in [0.1, 0.15) is 26.3 Å². The second-order valence-electron chi connectivity index (χ2n) is 4.42. The highest BCUT2D eigenvalue weighted by Crippen LogP contribution is 2.14. The van der Waals surface area contributed by atoms with Gasteiger partial charge in [0.1, 0.15) is 5.75 Å². The van der Waals surface area contributed by atoms with E-state index in [0.717, 1.165) is 11.3 Å². The monoisotopic (exact) mass is 236 g/mol. The molecule has 0 spiro atoms. The minimum Gasteiger partial charge on any atom is -0.494 e. The maximum absolute atomic E-state index is 11.1. The fourth-order valence-corrected chi connectivity index (χ4v) is 1.32. The third-order valence-electron chi connectivity index (χ3n) is 2.56. The quantitative estimate of drug-likeness (QED) is 0.785. The third kappa shape index (κ3) is 4.07. The van der Waals surface area contributed by atoms with E-state index in [4.69, 9.17) is 10.5 Å². The number of amides is 1. The van der Waals surface area contributed by atoms with E-state index in [1.54, 1.807) is 13.8 Å². The summed E-state index contributed by atoms with van der Waals surface area (Å²) >= 11 is 0. The molecule has 17 heavy (non-hydrogen) atoms. The maximum Gasteiger partial charge on any atom is 0.237 e. The molecule has 4 heteroatoms. The predicted molar refractivity (Wildman–Crippen MR) is 67.7 cm³/mol. The Bertz CT molecular complexity index is 389. The molecule has 0 aliphatic heterocycles. The van der Waals surface area contributed by atoms with Gasteiger partial charge in [-0.1, -0.05) is 12.1 Å². The van der Waals surface area contributed by atoms with Gasteiger partial charge in [-0.2, -0.15) is 0 Å². The highest BCUT2D eigenvalue weighted by atomic mass is 16.5. The second-order valence-corrected chi connectivity index (χ2v) is 4.42. The molecule has 0 atom stereocenters. The Morgan fingerprint density at radius 1 is 1.47 bits per heavy atom. The topological polar surface area (TPSA) is 64.3 Å². The fourth-order valence-electron chi connectivity index (χ4n) is 1.32. The van der Waals surface area contributed by atoms with Crippen molar-refractivity contribution in [2.75, 3.05) is 6.61 Å². The number of nitrogens with one attached hydrogen (secondary N) is 1. The van der Waals surface area contributed by atoms with E-state index in [2.05, 4.69) is 5.32 Å². The van der Waals surface area contributed by atoms with Crippen LogP contribution in [0.3, 0.4) is 0 Å². The zero-order chi connectivity index (χ0) is 12.9. The normalized spacial score (nSPS) is 11.2. The third-order valence-corrected chi connectivity index (χ3v) is 2.56. The molecule has 94 valence electrons. The van der Waals surface area contributed by atoms with Crippen LogP contribution in [-0.4, -0.2) is 18.1 Å². The average Bonchev–Trinajstić information content (AvgIpc) is 2.27. The number of hydrogen-bond donors (Lipinski definition) is 2. The Morgan fingerprint density at radius 2 is 2.18 bits per heavy atom. The summed E-state index contributed by atoms with van der Waals surface area (Å²) in [6, 6.07) is 7.77. The van der Waals surface area contributed by atoms with Gasteiger partial charge in [0.2, 0.25) is 5.91 Å².